The second-order valence-electron chi connectivity index (χ2n) is 1.89. The third kappa shape index (κ3) is 2.43. The Morgan fingerprint density at radius 3 is 3.00 bits per heavy atom. The Bertz CT molecular complexity index is 222. The van der Waals surface area contributed by atoms with Crippen LogP contribution in [-0.2, 0) is 11.2 Å². The van der Waals surface area contributed by atoms with E-state index in [1.165, 1.54) is 0 Å². The highest BCUT2D eigenvalue weighted by Gasteiger charge is 1.96. The van der Waals surface area contributed by atoms with Crippen LogP contribution in [0.15, 0.2) is 24.5 Å². The van der Waals surface area contributed by atoms with Crippen LogP contribution in [0.3, 0.4) is 0 Å². The zero-order valence-corrected chi connectivity index (χ0v) is 7.41. The highest BCUT2D eigenvalue weighted by atomic mass is 127. The first-order valence-corrected chi connectivity index (χ1v) is 3.94. The lowest BCUT2D eigenvalue weighted by atomic mass is 10.2. The zero-order chi connectivity index (χ0) is 7.40. The molecule has 0 aliphatic carbocycles. The monoisotopic (exact) mass is 247 g/mol. The molecule has 1 rings (SSSR count). The molecule has 3 heteroatoms. The van der Waals surface area contributed by atoms with Crippen LogP contribution in [0.1, 0.15) is 5.56 Å². The molecule has 0 aliphatic heterocycles. The summed E-state index contributed by atoms with van der Waals surface area (Å²) in [6.07, 6.45) is 3.88. The van der Waals surface area contributed by atoms with Gasteiger partial charge < -0.3 is 0 Å². The quantitative estimate of drug-likeness (QED) is 0.586. The molecule has 0 aliphatic rings. The molecular formula is C7H6INO. The van der Waals surface area contributed by atoms with Crippen molar-refractivity contribution < 1.29 is 4.79 Å². The molecule has 0 fully saturated rings. The Hall–Kier alpha value is -0.450. The van der Waals surface area contributed by atoms with E-state index in [9.17, 15) is 4.79 Å². The first kappa shape index (κ1) is 7.65. The number of pyridine rings is 1. The summed E-state index contributed by atoms with van der Waals surface area (Å²) in [5, 5.41) is 0. The average Bonchev–Trinajstić information content (AvgIpc) is 1.88. The Kier molecular flexibility index (Phi) is 2.80. The van der Waals surface area contributed by atoms with Crippen LogP contribution in [0.25, 0.3) is 0 Å². The number of carbonyl (C=O) groups is 1. The molecule has 2 nitrogen and oxygen atoms in total. The molecule has 0 aromatic carbocycles. The SMILES string of the molecule is O=C(I)Cc1cccnc1. The highest BCUT2D eigenvalue weighted by molar-refractivity contribution is 14.1. The van der Waals surface area contributed by atoms with Crippen LogP contribution < -0.4 is 0 Å². The second-order valence-corrected chi connectivity index (χ2v) is 3.10. The van der Waals surface area contributed by atoms with Crippen LogP contribution in [0, 0.1) is 0 Å². The van der Waals surface area contributed by atoms with E-state index in [1.54, 1.807) is 35.0 Å². The Morgan fingerprint density at radius 2 is 2.50 bits per heavy atom. The topological polar surface area (TPSA) is 30.0 Å². The van der Waals surface area contributed by atoms with Crippen LogP contribution in [0.5, 0.6) is 0 Å². The van der Waals surface area contributed by atoms with Gasteiger partial charge in [-0.2, -0.15) is 0 Å². The van der Waals surface area contributed by atoms with Gasteiger partial charge in [0, 0.05) is 18.8 Å². The fourth-order valence-corrected chi connectivity index (χ4v) is 1.10. The van der Waals surface area contributed by atoms with Crippen molar-refractivity contribution in [3.8, 4) is 0 Å². The Balaban J connectivity index is 2.67. The number of nitrogens with zero attached hydrogens (tertiary/aromatic N) is 1. The lowest BCUT2D eigenvalue weighted by molar-refractivity contribution is -0.108. The highest BCUT2D eigenvalue weighted by Crippen LogP contribution is 2.00. The van der Waals surface area contributed by atoms with Crippen molar-refractivity contribution in [1.29, 1.82) is 0 Å². The molecule has 1 aromatic rings. The summed E-state index contributed by atoms with van der Waals surface area (Å²) in [5.41, 5.74) is 0.974. The fraction of sp³-hybridized carbons (Fsp3) is 0.143. The largest absolute Gasteiger partial charge is 0.287 e. The number of hydrogen-bond donors (Lipinski definition) is 0. The number of halogens is 1. The normalized spacial score (nSPS) is 9.30. The molecule has 10 heavy (non-hydrogen) atoms. The standard InChI is InChI=1S/C7H6INO/c8-7(10)4-6-2-1-3-9-5-6/h1-3,5H,4H2. The van der Waals surface area contributed by atoms with E-state index in [0.717, 1.165) is 5.56 Å². The minimum atomic E-state index is 0.144. The van der Waals surface area contributed by atoms with Crippen molar-refractivity contribution in [3.63, 3.8) is 0 Å². The summed E-state index contributed by atoms with van der Waals surface area (Å²) in [4.78, 5) is 14.5. The third-order valence-electron chi connectivity index (χ3n) is 1.07. The van der Waals surface area contributed by atoms with Gasteiger partial charge in [-0.1, -0.05) is 6.07 Å². The summed E-state index contributed by atoms with van der Waals surface area (Å²) in [6.45, 7) is 0. The molecule has 0 radical (unpaired) electrons. The molecule has 0 unspecified atom stereocenters. The number of hydrogen-bond acceptors (Lipinski definition) is 2. The minimum Gasteiger partial charge on any atom is -0.287 e. The predicted octanol–water partition coefficient (Wildman–Crippen LogP) is 1.59. The van der Waals surface area contributed by atoms with Crippen LogP contribution in [-0.4, -0.2) is 8.77 Å². The third-order valence-corrected chi connectivity index (χ3v) is 1.45. The second kappa shape index (κ2) is 3.65. The minimum absolute atomic E-state index is 0.144. The van der Waals surface area contributed by atoms with Crippen molar-refractivity contribution in [2.45, 2.75) is 6.42 Å². The van der Waals surface area contributed by atoms with E-state index >= 15 is 0 Å². The molecule has 0 spiro atoms. The van der Waals surface area contributed by atoms with E-state index in [0.29, 0.717) is 6.42 Å². The molecule has 1 heterocycles. The van der Waals surface area contributed by atoms with Gasteiger partial charge in [-0.25, -0.2) is 0 Å². The smallest absolute Gasteiger partial charge is 0.196 e. The summed E-state index contributed by atoms with van der Waals surface area (Å²) >= 11 is 1.78. The van der Waals surface area contributed by atoms with E-state index in [-0.39, 0.29) is 3.79 Å². The van der Waals surface area contributed by atoms with E-state index in [1.807, 2.05) is 12.1 Å². The van der Waals surface area contributed by atoms with E-state index in [4.69, 9.17) is 0 Å². The van der Waals surface area contributed by atoms with Crippen LogP contribution in [0.4, 0.5) is 0 Å². The fourth-order valence-electron chi connectivity index (χ4n) is 0.663. The molecule has 1 aromatic heterocycles. The molecule has 52 valence electrons. The van der Waals surface area contributed by atoms with Gasteiger partial charge in [0.05, 0.1) is 0 Å². The lowest BCUT2D eigenvalue weighted by Crippen LogP contribution is -1.91. The van der Waals surface area contributed by atoms with Gasteiger partial charge in [0.15, 0.2) is 3.79 Å². The number of carbonyl (C=O) groups excluding carboxylic acids is 1. The molecule has 0 amide bonds. The van der Waals surface area contributed by atoms with Crippen molar-refractivity contribution >= 4 is 26.4 Å². The van der Waals surface area contributed by atoms with Crippen molar-refractivity contribution in [2.75, 3.05) is 0 Å². The maximum atomic E-state index is 10.6. The van der Waals surface area contributed by atoms with Gasteiger partial charge in [0.2, 0.25) is 0 Å². The van der Waals surface area contributed by atoms with Gasteiger partial charge in [-0.3, -0.25) is 9.78 Å². The van der Waals surface area contributed by atoms with Gasteiger partial charge in [-0.05, 0) is 34.2 Å². The maximum Gasteiger partial charge on any atom is 0.196 e. The first-order chi connectivity index (χ1) is 4.79. The van der Waals surface area contributed by atoms with Crippen LogP contribution >= 0.6 is 22.6 Å². The number of rotatable bonds is 2. The molecule has 0 saturated carbocycles. The lowest BCUT2D eigenvalue weighted by Gasteiger charge is -1.91. The Morgan fingerprint density at radius 1 is 1.70 bits per heavy atom. The van der Waals surface area contributed by atoms with Crippen molar-refractivity contribution in [2.24, 2.45) is 0 Å². The van der Waals surface area contributed by atoms with E-state index in [2.05, 4.69) is 4.98 Å². The molecule has 0 bridgehead atoms. The molecular weight excluding hydrogens is 241 g/mol. The Labute approximate surface area is 72.8 Å². The van der Waals surface area contributed by atoms with Gasteiger partial charge in [-0.15, -0.1) is 0 Å². The van der Waals surface area contributed by atoms with Gasteiger partial charge in [0.1, 0.15) is 0 Å². The van der Waals surface area contributed by atoms with Crippen molar-refractivity contribution in [1.82, 2.24) is 4.98 Å². The van der Waals surface area contributed by atoms with Crippen molar-refractivity contribution in [3.05, 3.63) is 30.1 Å². The van der Waals surface area contributed by atoms with E-state index < -0.39 is 0 Å². The molecule has 0 saturated heterocycles. The number of aromatic nitrogens is 1. The molecule has 0 atom stereocenters. The van der Waals surface area contributed by atoms with Gasteiger partial charge in [0.25, 0.3) is 0 Å². The average molecular weight is 247 g/mol. The van der Waals surface area contributed by atoms with Gasteiger partial charge >= 0.3 is 0 Å². The maximum absolute atomic E-state index is 10.6. The predicted molar refractivity (Wildman–Crippen MR) is 47.0 cm³/mol. The summed E-state index contributed by atoms with van der Waals surface area (Å²) in [6, 6.07) is 3.72. The zero-order valence-electron chi connectivity index (χ0n) is 5.25. The summed E-state index contributed by atoms with van der Waals surface area (Å²) in [7, 11) is 0. The van der Waals surface area contributed by atoms with Crippen LogP contribution in [0.2, 0.25) is 0 Å². The molecule has 0 N–H and O–H groups in total. The summed E-state index contributed by atoms with van der Waals surface area (Å²) in [5.74, 6) is 0. The summed E-state index contributed by atoms with van der Waals surface area (Å²) < 4.78 is 0.144. The first-order valence-electron chi connectivity index (χ1n) is 2.86.